The first-order valence-corrected chi connectivity index (χ1v) is 13.6. The van der Waals surface area contributed by atoms with Gasteiger partial charge in [-0.2, -0.15) is 4.31 Å². The maximum absolute atomic E-state index is 13.2. The van der Waals surface area contributed by atoms with Gasteiger partial charge in [0.15, 0.2) is 0 Å². The number of carbonyl (C=O) groups is 1. The molecule has 0 unspecified atom stereocenters. The molecule has 1 N–H and O–H groups in total. The number of rotatable bonds is 8. The van der Waals surface area contributed by atoms with Gasteiger partial charge in [-0.15, -0.1) is 0 Å². The Bertz CT molecular complexity index is 1080. The highest BCUT2D eigenvalue weighted by molar-refractivity contribution is 7.89. The molecule has 34 heavy (non-hydrogen) atoms. The zero-order valence-electron chi connectivity index (χ0n) is 19.9. The molecule has 7 nitrogen and oxygen atoms in total. The molecule has 1 amide bonds. The van der Waals surface area contributed by atoms with Crippen LogP contribution in [0.5, 0.6) is 0 Å². The van der Waals surface area contributed by atoms with E-state index in [0.717, 1.165) is 70.5 Å². The lowest BCUT2D eigenvalue weighted by molar-refractivity contribution is 0.0340. The maximum Gasteiger partial charge on any atom is 0.251 e. The van der Waals surface area contributed by atoms with Gasteiger partial charge in [-0.1, -0.05) is 49.6 Å². The lowest BCUT2D eigenvalue weighted by atomic mass is 9.96. The van der Waals surface area contributed by atoms with Crippen LogP contribution in [0.3, 0.4) is 0 Å². The van der Waals surface area contributed by atoms with Gasteiger partial charge in [0.1, 0.15) is 0 Å². The Morgan fingerprint density at radius 2 is 1.74 bits per heavy atom. The van der Waals surface area contributed by atoms with Crippen LogP contribution < -0.4 is 5.32 Å². The number of nitrogens with zero attached hydrogens (tertiary/aromatic N) is 2. The van der Waals surface area contributed by atoms with Gasteiger partial charge in [0, 0.05) is 44.8 Å². The first-order valence-electron chi connectivity index (χ1n) is 12.2. The van der Waals surface area contributed by atoms with E-state index >= 15 is 0 Å². The predicted molar refractivity (Wildman–Crippen MR) is 132 cm³/mol. The number of carbonyl (C=O) groups excluding carboxylic acids is 1. The van der Waals surface area contributed by atoms with Crippen LogP contribution in [0.15, 0.2) is 53.4 Å². The Hall–Kier alpha value is -2.26. The first kappa shape index (κ1) is 24.9. The van der Waals surface area contributed by atoms with E-state index in [1.807, 2.05) is 18.2 Å². The van der Waals surface area contributed by atoms with Crippen molar-refractivity contribution in [2.45, 2.75) is 56.1 Å². The van der Waals surface area contributed by atoms with E-state index in [0.29, 0.717) is 12.1 Å². The number of sulfonamides is 1. The lowest BCUT2D eigenvalue weighted by Gasteiger charge is -2.30. The fourth-order valence-electron chi connectivity index (χ4n) is 4.77. The van der Waals surface area contributed by atoms with Crippen molar-refractivity contribution in [3.05, 3.63) is 65.2 Å². The Labute approximate surface area is 203 Å². The summed E-state index contributed by atoms with van der Waals surface area (Å²) >= 11 is 0. The van der Waals surface area contributed by atoms with E-state index in [1.165, 1.54) is 15.9 Å². The summed E-state index contributed by atoms with van der Waals surface area (Å²) < 4.78 is 33.3. The lowest BCUT2D eigenvalue weighted by Crippen LogP contribution is -2.38. The van der Waals surface area contributed by atoms with Crippen LogP contribution in [-0.2, 0) is 27.8 Å². The van der Waals surface area contributed by atoms with Crippen molar-refractivity contribution in [1.29, 1.82) is 0 Å². The molecule has 2 aliphatic rings. The third kappa shape index (κ3) is 6.05. The minimum atomic E-state index is -3.65. The van der Waals surface area contributed by atoms with Gasteiger partial charge in [0.2, 0.25) is 10.0 Å². The number of benzene rings is 2. The first-order chi connectivity index (χ1) is 16.4. The highest BCUT2D eigenvalue weighted by Gasteiger charge is 2.29. The molecule has 184 valence electrons. The van der Waals surface area contributed by atoms with Crippen LogP contribution in [0.1, 0.15) is 53.6 Å². The summed E-state index contributed by atoms with van der Waals surface area (Å²) in [4.78, 5) is 15.4. The fraction of sp³-hybridized carbons (Fsp3) is 0.500. The average molecular weight is 486 g/mol. The summed E-state index contributed by atoms with van der Waals surface area (Å²) in [5.41, 5.74) is 2.59. The zero-order valence-corrected chi connectivity index (χ0v) is 20.7. The van der Waals surface area contributed by atoms with Crippen LogP contribution in [0, 0.1) is 0 Å². The summed E-state index contributed by atoms with van der Waals surface area (Å²) in [6.45, 7) is 4.49. The van der Waals surface area contributed by atoms with Gasteiger partial charge in [-0.3, -0.25) is 9.69 Å². The predicted octanol–water partition coefficient (Wildman–Crippen LogP) is 3.40. The van der Waals surface area contributed by atoms with Crippen LogP contribution in [0.4, 0.5) is 0 Å². The molecule has 0 atom stereocenters. The number of nitrogens with one attached hydrogen (secondary N) is 1. The smallest absolute Gasteiger partial charge is 0.251 e. The highest BCUT2D eigenvalue weighted by atomic mass is 32.2. The third-order valence-corrected chi connectivity index (χ3v) is 8.82. The Balaban J connectivity index is 1.42. The SMILES string of the molecule is CN(C1CCCCC1)S(=O)(=O)c1cccc(C(=O)NCc2ccccc2CN2CCOCC2)c1. The van der Waals surface area contributed by atoms with Crippen LogP contribution in [0.2, 0.25) is 0 Å². The zero-order chi connectivity index (χ0) is 24.0. The number of ether oxygens (including phenoxy) is 1. The second kappa shape index (κ2) is 11.4. The number of morpholine rings is 1. The minimum absolute atomic E-state index is 0.0270. The number of amides is 1. The molecule has 1 aliphatic carbocycles. The molecule has 0 radical (unpaired) electrons. The molecule has 2 fully saturated rings. The second-order valence-electron chi connectivity index (χ2n) is 9.18. The van der Waals surface area contributed by atoms with Gasteiger partial charge < -0.3 is 10.1 Å². The topological polar surface area (TPSA) is 79.0 Å². The van der Waals surface area contributed by atoms with E-state index < -0.39 is 10.0 Å². The van der Waals surface area contributed by atoms with Crippen molar-refractivity contribution in [3.8, 4) is 0 Å². The third-order valence-electron chi connectivity index (χ3n) is 6.92. The van der Waals surface area contributed by atoms with Gasteiger partial charge in [-0.05, 0) is 42.2 Å². The van der Waals surface area contributed by atoms with Crippen LogP contribution in [-0.4, -0.2) is 62.9 Å². The van der Waals surface area contributed by atoms with E-state index in [4.69, 9.17) is 4.74 Å². The van der Waals surface area contributed by atoms with Gasteiger partial charge in [-0.25, -0.2) is 8.42 Å². The summed E-state index contributed by atoms with van der Waals surface area (Å²) in [6, 6.07) is 14.5. The largest absolute Gasteiger partial charge is 0.379 e. The normalized spacial score (nSPS) is 18.2. The summed E-state index contributed by atoms with van der Waals surface area (Å²) in [5, 5.41) is 2.97. The molecule has 1 saturated carbocycles. The standard InChI is InChI=1S/C26H35N3O4S/c1-28(24-11-3-2-4-12-24)34(31,32)25-13-7-10-21(18-25)26(30)27-19-22-8-5-6-9-23(22)20-29-14-16-33-17-15-29/h5-10,13,18,24H,2-4,11-12,14-17,19-20H2,1H3,(H,27,30). The molecular weight excluding hydrogens is 450 g/mol. The Kier molecular flexibility index (Phi) is 8.37. The quantitative estimate of drug-likeness (QED) is 0.620. The maximum atomic E-state index is 13.2. The molecule has 1 aliphatic heterocycles. The van der Waals surface area contributed by atoms with Crippen molar-refractivity contribution >= 4 is 15.9 Å². The highest BCUT2D eigenvalue weighted by Crippen LogP contribution is 2.26. The molecule has 1 heterocycles. The van der Waals surface area contributed by atoms with Crippen molar-refractivity contribution < 1.29 is 17.9 Å². The van der Waals surface area contributed by atoms with E-state index in [-0.39, 0.29) is 16.8 Å². The molecule has 0 aromatic heterocycles. The van der Waals surface area contributed by atoms with Crippen molar-refractivity contribution in [3.63, 3.8) is 0 Å². The van der Waals surface area contributed by atoms with Crippen LogP contribution >= 0.6 is 0 Å². The fourth-order valence-corrected chi connectivity index (χ4v) is 6.23. The van der Waals surface area contributed by atoms with Crippen LogP contribution in [0.25, 0.3) is 0 Å². The second-order valence-corrected chi connectivity index (χ2v) is 11.2. The number of hydrogen-bond acceptors (Lipinski definition) is 5. The van der Waals surface area contributed by atoms with E-state index in [9.17, 15) is 13.2 Å². The molecule has 0 bridgehead atoms. The molecule has 0 spiro atoms. The minimum Gasteiger partial charge on any atom is -0.379 e. The Morgan fingerprint density at radius 3 is 2.47 bits per heavy atom. The van der Waals surface area contributed by atoms with E-state index in [1.54, 1.807) is 25.2 Å². The van der Waals surface area contributed by atoms with Crippen molar-refractivity contribution in [2.24, 2.45) is 0 Å². The molecule has 4 rings (SSSR count). The van der Waals surface area contributed by atoms with Gasteiger partial charge >= 0.3 is 0 Å². The molecule has 2 aromatic carbocycles. The van der Waals surface area contributed by atoms with Gasteiger partial charge in [0.05, 0.1) is 18.1 Å². The monoisotopic (exact) mass is 485 g/mol. The summed E-state index contributed by atoms with van der Waals surface area (Å²) in [7, 11) is -1.99. The van der Waals surface area contributed by atoms with E-state index in [2.05, 4.69) is 16.3 Å². The van der Waals surface area contributed by atoms with Crippen molar-refractivity contribution in [2.75, 3.05) is 33.4 Å². The Morgan fingerprint density at radius 1 is 1.03 bits per heavy atom. The number of hydrogen-bond donors (Lipinski definition) is 1. The molecular formula is C26H35N3O4S. The molecule has 8 heteroatoms. The molecule has 1 saturated heterocycles. The van der Waals surface area contributed by atoms with Crippen molar-refractivity contribution in [1.82, 2.24) is 14.5 Å². The molecule has 2 aromatic rings. The average Bonchev–Trinajstić information content (AvgIpc) is 2.88. The summed E-state index contributed by atoms with van der Waals surface area (Å²) in [6.07, 6.45) is 5.05. The summed E-state index contributed by atoms with van der Waals surface area (Å²) in [5.74, 6) is -0.279. The van der Waals surface area contributed by atoms with Gasteiger partial charge in [0.25, 0.3) is 5.91 Å².